The molecule has 0 aliphatic carbocycles. The second-order valence-electron chi connectivity index (χ2n) is 4.00. The number of benzene rings is 1. The van der Waals surface area contributed by atoms with Gasteiger partial charge in [-0.1, -0.05) is 0 Å². The van der Waals surface area contributed by atoms with Crippen LogP contribution in [0.3, 0.4) is 0 Å². The van der Waals surface area contributed by atoms with E-state index < -0.39 is 6.61 Å². The fraction of sp³-hybridized carbons (Fsp3) is 0.231. The zero-order valence-electron chi connectivity index (χ0n) is 10.8. The van der Waals surface area contributed by atoms with Crippen molar-refractivity contribution in [3.63, 3.8) is 0 Å². The van der Waals surface area contributed by atoms with E-state index in [1.807, 2.05) is 6.92 Å². The lowest BCUT2D eigenvalue weighted by Gasteiger charge is -2.07. The van der Waals surface area contributed by atoms with Crippen LogP contribution < -0.4 is 10.1 Å². The van der Waals surface area contributed by atoms with Crippen molar-refractivity contribution in [2.24, 2.45) is 0 Å². The third kappa shape index (κ3) is 3.51. The van der Waals surface area contributed by atoms with Crippen LogP contribution >= 0.6 is 11.3 Å². The number of carbonyl (C=O) groups is 1. The lowest BCUT2D eigenvalue weighted by Crippen LogP contribution is -2.11. The number of ether oxygens (including phenoxy) is 1. The van der Waals surface area contributed by atoms with E-state index in [-0.39, 0.29) is 11.7 Å². The van der Waals surface area contributed by atoms with Gasteiger partial charge in [-0.25, -0.2) is 4.98 Å². The molecular formula is C13H12F2N2O2S. The largest absolute Gasteiger partial charge is 0.435 e. The van der Waals surface area contributed by atoms with Crippen LogP contribution in [0.5, 0.6) is 5.75 Å². The molecule has 2 aromatic rings. The average Bonchev–Trinajstić information content (AvgIpc) is 2.70. The number of alkyl halides is 2. The normalized spacial score (nSPS) is 10.7. The summed E-state index contributed by atoms with van der Waals surface area (Å²) in [6, 6.07) is 5.73. The van der Waals surface area contributed by atoms with Crippen molar-refractivity contribution in [3.8, 4) is 5.75 Å². The molecule has 1 N–H and O–H groups in total. The predicted molar refractivity (Wildman–Crippen MR) is 72.6 cm³/mol. The lowest BCUT2D eigenvalue weighted by atomic mass is 10.3. The Morgan fingerprint density at radius 1 is 1.30 bits per heavy atom. The van der Waals surface area contributed by atoms with Crippen LogP contribution in [0.2, 0.25) is 0 Å². The highest BCUT2D eigenvalue weighted by molar-refractivity contribution is 7.13. The molecule has 4 nitrogen and oxygen atoms in total. The predicted octanol–water partition coefficient (Wildman–Crippen LogP) is 3.61. The number of carbonyl (C=O) groups excluding carboxylic acids is 1. The van der Waals surface area contributed by atoms with Gasteiger partial charge in [-0.2, -0.15) is 8.78 Å². The first kappa shape index (κ1) is 14.4. The molecule has 7 heteroatoms. The molecular weight excluding hydrogens is 286 g/mol. The Kier molecular flexibility index (Phi) is 4.29. The Morgan fingerprint density at radius 3 is 2.45 bits per heavy atom. The minimum atomic E-state index is -2.86. The van der Waals surface area contributed by atoms with Crippen molar-refractivity contribution >= 4 is 22.9 Å². The first-order valence-electron chi connectivity index (χ1n) is 5.76. The van der Waals surface area contributed by atoms with Gasteiger partial charge in [-0.05, 0) is 38.1 Å². The van der Waals surface area contributed by atoms with Crippen molar-refractivity contribution in [1.82, 2.24) is 4.98 Å². The van der Waals surface area contributed by atoms with E-state index in [1.165, 1.54) is 35.6 Å². The van der Waals surface area contributed by atoms with Gasteiger partial charge in [0.15, 0.2) is 0 Å². The zero-order chi connectivity index (χ0) is 14.7. The molecule has 0 spiro atoms. The lowest BCUT2D eigenvalue weighted by molar-refractivity contribution is -0.0498. The summed E-state index contributed by atoms with van der Waals surface area (Å²) in [4.78, 5) is 16.7. The van der Waals surface area contributed by atoms with Crippen LogP contribution in [0.4, 0.5) is 14.5 Å². The number of halogens is 2. The standard InChI is InChI=1S/C13H12F2N2O2S/c1-7-11(20-8(2)16-7)12(18)17-9-3-5-10(6-4-9)19-13(14)15/h3-6,13H,1-2H3,(H,17,18). The van der Waals surface area contributed by atoms with E-state index in [0.717, 1.165) is 5.01 Å². The van der Waals surface area contributed by atoms with Gasteiger partial charge in [0.1, 0.15) is 10.6 Å². The van der Waals surface area contributed by atoms with Gasteiger partial charge in [0.2, 0.25) is 0 Å². The van der Waals surface area contributed by atoms with Crippen LogP contribution in [0.25, 0.3) is 0 Å². The van der Waals surface area contributed by atoms with Gasteiger partial charge in [-0.3, -0.25) is 4.79 Å². The Bertz CT molecular complexity index is 611. The molecule has 0 aliphatic rings. The highest BCUT2D eigenvalue weighted by atomic mass is 32.1. The molecule has 20 heavy (non-hydrogen) atoms. The maximum Gasteiger partial charge on any atom is 0.387 e. The van der Waals surface area contributed by atoms with E-state index in [9.17, 15) is 13.6 Å². The Labute approximate surface area is 118 Å². The monoisotopic (exact) mass is 298 g/mol. The smallest absolute Gasteiger partial charge is 0.387 e. The van der Waals surface area contributed by atoms with Crippen LogP contribution in [0, 0.1) is 13.8 Å². The molecule has 1 aromatic heterocycles. The van der Waals surface area contributed by atoms with Gasteiger partial charge < -0.3 is 10.1 Å². The number of rotatable bonds is 4. The summed E-state index contributed by atoms with van der Waals surface area (Å²) in [7, 11) is 0. The van der Waals surface area contributed by atoms with Gasteiger partial charge in [0, 0.05) is 5.69 Å². The summed E-state index contributed by atoms with van der Waals surface area (Å²) in [5.74, 6) is -0.224. The number of aromatic nitrogens is 1. The second kappa shape index (κ2) is 5.96. The molecule has 1 aromatic carbocycles. The number of nitrogens with one attached hydrogen (secondary N) is 1. The van der Waals surface area contributed by atoms with Crippen molar-refractivity contribution in [1.29, 1.82) is 0 Å². The molecule has 0 saturated carbocycles. The van der Waals surface area contributed by atoms with Crippen molar-refractivity contribution < 1.29 is 18.3 Å². The van der Waals surface area contributed by atoms with Crippen molar-refractivity contribution in [3.05, 3.63) is 39.8 Å². The Hall–Kier alpha value is -2.02. The average molecular weight is 298 g/mol. The summed E-state index contributed by atoms with van der Waals surface area (Å²) in [6.07, 6.45) is 0. The first-order valence-corrected chi connectivity index (χ1v) is 6.57. The Balaban J connectivity index is 2.06. The van der Waals surface area contributed by atoms with Crippen LogP contribution in [0.15, 0.2) is 24.3 Å². The number of thiazole rings is 1. The topological polar surface area (TPSA) is 51.2 Å². The summed E-state index contributed by atoms with van der Waals surface area (Å²) >= 11 is 1.31. The van der Waals surface area contributed by atoms with Gasteiger partial charge in [0.25, 0.3) is 5.91 Å². The number of nitrogens with zero attached hydrogens (tertiary/aromatic N) is 1. The molecule has 0 radical (unpaired) electrons. The molecule has 0 bridgehead atoms. The molecule has 0 unspecified atom stereocenters. The molecule has 1 heterocycles. The van der Waals surface area contributed by atoms with E-state index >= 15 is 0 Å². The zero-order valence-corrected chi connectivity index (χ0v) is 11.6. The molecule has 0 fully saturated rings. The molecule has 1 amide bonds. The highest BCUT2D eigenvalue weighted by Crippen LogP contribution is 2.21. The third-order valence-electron chi connectivity index (χ3n) is 2.45. The molecule has 106 valence electrons. The quantitative estimate of drug-likeness (QED) is 0.938. The van der Waals surface area contributed by atoms with E-state index in [2.05, 4.69) is 15.0 Å². The van der Waals surface area contributed by atoms with Crippen LogP contribution in [0.1, 0.15) is 20.4 Å². The minimum absolute atomic E-state index is 0.0443. The number of hydrogen-bond donors (Lipinski definition) is 1. The number of aryl methyl sites for hydroxylation is 2. The molecule has 2 rings (SSSR count). The van der Waals surface area contributed by atoms with Crippen LogP contribution in [-0.4, -0.2) is 17.5 Å². The first-order chi connectivity index (χ1) is 9.45. The maximum atomic E-state index is 12.0. The molecule has 0 saturated heterocycles. The summed E-state index contributed by atoms with van der Waals surface area (Å²) in [5, 5.41) is 3.49. The second-order valence-corrected chi connectivity index (χ2v) is 5.21. The Morgan fingerprint density at radius 2 is 1.95 bits per heavy atom. The molecule has 0 aliphatic heterocycles. The SMILES string of the molecule is Cc1nc(C)c(C(=O)Nc2ccc(OC(F)F)cc2)s1. The third-order valence-corrected chi connectivity index (χ3v) is 3.52. The van der Waals surface area contributed by atoms with Crippen LogP contribution in [-0.2, 0) is 0 Å². The fourth-order valence-corrected chi connectivity index (χ4v) is 2.46. The minimum Gasteiger partial charge on any atom is -0.435 e. The van der Waals surface area contributed by atoms with Crippen molar-refractivity contribution in [2.45, 2.75) is 20.5 Å². The number of hydrogen-bond acceptors (Lipinski definition) is 4. The van der Waals surface area contributed by atoms with E-state index in [1.54, 1.807) is 6.92 Å². The van der Waals surface area contributed by atoms with E-state index in [4.69, 9.17) is 0 Å². The van der Waals surface area contributed by atoms with Crippen molar-refractivity contribution in [2.75, 3.05) is 5.32 Å². The number of anilines is 1. The summed E-state index contributed by atoms with van der Waals surface area (Å²) in [5.41, 5.74) is 1.17. The maximum absolute atomic E-state index is 12.0. The number of amides is 1. The van der Waals surface area contributed by atoms with Gasteiger partial charge in [0.05, 0.1) is 10.7 Å². The fourth-order valence-electron chi connectivity index (χ4n) is 1.65. The van der Waals surface area contributed by atoms with Gasteiger partial charge in [-0.15, -0.1) is 11.3 Å². The summed E-state index contributed by atoms with van der Waals surface area (Å²) in [6.45, 7) is 0.723. The van der Waals surface area contributed by atoms with Gasteiger partial charge >= 0.3 is 6.61 Å². The highest BCUT2D eigenvalue weighted by Gasteiger charge is 2.14. The molecule has 0 atom stereocenters. The van der Waals surface area contributed by atoms with E-state index in [0.29, 0.717) is 16.3 Å². The summed E-state index contributed by atoms with van der Waals surface area (Å²) < 4.78 is 28.2.